The summed E-state index contributed by atoms with van der Waals surface area (Å²) in [5.74, 6) is 1.16. The lowest BCUT2D eigenvalue weighted by atomic mass is 10.2. The molecule has 0 radical (unpaired) electrons. The number of halogens is 1. The van der Waals surface area contributed by atoms with Crippen LogP contribution < -0.4 is 9.47 Å². The molecule has 0 saturated carbocycles. The van der Waals surface area contributed by atoms with Gasteiger partial charge in [0.15, 0.2) is 6.10 Å². The molecule has 0 N–H and O–H groups in total. The molecule has 1 fully saturated rings. The van der Waals surface area contributed by atoms with Crippen molar-refractivity contribution >= 4 is 5.91 Å². The molecule has 1 amide bonds. The molecule has 1 aliphatic rings. The van der Waals surface area contributed by atoms with Crippen LogP contribution in [0.4, 0.5) is 4.39 Å². The Balaban J connectivity index is 1.49. The zero-order chi connectivity index (χ0) is 19.2. The average molecular weight is 372 g/mol. The number of carbonyl (C=O) groups excluding carboxylic acids is 1. The minimum Gasteiger partial charge on any atom is -0.497 e. The zero-order valence-electron chi connectivity index (χ0n) is 15.7. The Kier molecular flexibility index (Phi) is 6.29. The fourth-order valence-corrected chi connectivity index (χ4v) is 3.16. The minimum atomic E-state index is -0.559. The second kappa shape index (κ2) is 8.86. The molecular weight excluding hydrogens is 347 g/mol. The van der Waals surface area contributed by atoms with Gasteiger partial charge in [-0.2, -0.15) is 0 Å². The highest BCUT2D eigenvalue weighted by molar-refractivity contribution is 5.81. The van der Waals surface area contributed by atoms with Crippen LogP contribution >= 0.6 is 0 Å². The predicted octanol–water partition coefficient (Wildman–Crippen LogP) is 2.95. The number of amides is 1. The van der Waals surface area contributed by atoms with Gasteiger partial charge in [-0.05, 0) is 37.3 Å². The summed E-state index contributed by atoms with van der Waals surface area (Å²) in [6.07, 6.45) is -0.559. The van der Waals surface area contributed by atoms with Gasteiger partial charge in [0, 0.05) is 38.3 Å². The molecule has 0 bridgehead atoms. The van der Waals surface area contributed by atoms with Crippen LogP contribution in [0.15, 0.2) is 48.5 Å². The molecular formula is C21H25FN2O3. The third-order valence-electron chi connectivity index (χ3n) is 4.76. The second-order valence-corrected chi connectivity index (χ2v) is 6.63. The molecule has 27 heavy (non-hydrogen) atoms. The number of methoxy groups -OCH3 is 1. The maximum absolute atomic E-state index is 13.8. The van der Waals surface area contributed by atoms with Crippen molar-refractivity contribution in [3.8, 4) is 11.5 Å². The lowest BCUT2D eigenvalue weighted by Gasteiger charge is -2.35. The van der Waals surface area contributed by atoms with Crippen LogP contribution in [0.2, 0.25) is 0 Å². The number of nitrogens with zero attached hydrogens (tertiary/aromatic N) is 2. The van der Waals surface area contributed by atoms with E-state index < -0.39 is 6.10 Å². The molecule has 1 saturated heterocycles. The Morgan fingerprint density at radius 1 is 1.04 bits per heavy atom. The molecule has 2 aromatic carbocycles. The first-order valence-corrected chi connectivity index (χ1v) is 9.12. The molecule has 1 aliphatic heterocycles. The summed E-state index contributed by atoms with van der Waals surface area (Å²) < 4.78 is 24.7. The molecule has 1 atom stereocenters. The van der Waals surface area contributed by atoms with Gasteiger partial charge in [-0.1, -0.05) is 18.2 Å². The Bertz CT molecular complexity index is 758. The van der Waals surface area contributed by atoms with Gasteiger partial charge in [-0.3, -0.25) is 9.69 Å². The summed E-state index contributed by atoms with van der Waals surface area (Å²) in [7, 11) is 1.60. The third-order valence-corrected chi connectivity index (χ3v) is 4.76. The maximum atomic E-state index is 13.8. The van der Waals surface area contributed by atoms with Gasteiger partial charge in [0.05, 0.1) is 7.11 Å². The Labute approximate surface area is 159 Å². The van der Waals surface area contributed by atoms with Gasteiger partial charge in [0.1, 0.15) is 17.3 Å². The van der Waals surface area contributed by atoms with Gasteiger partial charge in [-0.15, -0.1) is 0 Å². The molecule has 0 spiro atoms. The topological polar surface area (TPSA) is 42.0 Å². The van der Waals surface area contributed by atoms with Gasteiger partial charge in [0.2, 0.25) is 0 Å². The summed E-state index contributed by atoms with van der Waals surface area (Å²) in [5, 5.41) is 0. The molecule has 2 aromatic rings. The highest BCUT2D eigenvalue weighted by Gasteiger charge is 2.26. The van der Waals surface area contributed by atoms with E-state index in [-0.39, 0.29) is 11.7 Å². The van der Waals surface area contributed by atoms with Crippen molar-refractivity contribution in [1.29, 1.82) is 0 Å². The largest absolute Gasteiger partial charge is 0.497 e. The van der Waals surface area contributed by atoms with Crippen LogP contribution in [0.5, 0.6) is 11.5 Å². The van der Waals surface area contributed by atoms with Crippen molar-refractivity contribution < 1.29 is 18.7 Å². The van der Waals surface area contributed by atoms with Crippen molar-refractivity contribution in [3.63, 3.8) is 0 Å². The van der Waals surface area contributed by atoms with Gasteiger partial charge in [0.25, 0.3) is 5.91 Å². The Morgan fingerprint density at radius 2 is 1.67 bits per heavy atom. The first-order chi connectivity index (χ1) is 13.1. The first kappa shape index (κ1) is 19.2. The van der Waals surface area contributed by atoms with E-state index in [1.165, 1.54) is 6.07 Å². The van der Waals surface area contributed by atoms with Crippen LogP contribution in [0.1, 0.15) is 12.5 Å². The van der Waals surface area contributed by atoms with E-state index in [0.717, 1.165) is 18.8 Å². The smallest absolute Gasteiger partial charge is 0.263 e. The number of hydrogen-bond acceptors (Lipinski definition) is 4. The summed E-state index contributed by atoms with van der Waals surface area (Å²) >= 11 is 0. The zero-order valence-corrected chi connectivity index (χ0v) is 15.7. The molecule has 3 rings (SSSR count). The summed E-state index contributed by atoms with van der Waals surface area (Å²) in [5.41, 5.74) is 0.688. The number of rotatable bonds is 6. The number of carbonyl (C=O) groups is 1. The van der Waals surface area contributed by atoms with E-state index in [4.69, 9.17) is 9.47 Å². The van der Waals surface area contributed by atoms with E-state index in [1.54, 1.807) is 50.4 Å². The molecule has 0 aromatic heterocycles. The van der Waals surface area contributed by atoms with Crippen LogP contribution in [-0.2, 0) is 11.3 Å². The monoisotopic (exact) mass is 372 g/mol. The molecule has 144 valence electrons. The van der Waals surface area contributed by atoms with E-state index in [9.17, 15) is 9.18 Å². The Morgan fingerprint density at radius 3 is 2.30 bits per heavy atom. The summed E-state index contributed by atoms with van der Waals surface area (Å²) in [4.78, 5) is 16.6. The van der Waals surface area contributed by atoms with Crippen molar-refractivity contribution in [2.45, 2.75) is 19.6 Å². The van der Waals surface area contributed by atoms with Crippen molar-refractivity contribution in [3.05, 3.63) is 59.9 Å². The van der Waals surface area contributed by atoms with Crippen molar-refractivity contribution in [2.24, 2.45) is 0 Å². The van der Waals surface area contributed by atoms with Crippen LogP contribution in [-0.4, -0.2) is 55.1 Å². The standard InChI is InChI=1S/C21H25FN2O3/c1-16(27-19-9-7-18(26-2)8-10-19)21(25)24-13-11-23(12-14-24)15-17-5-3-4-6-20(17)22/h3-10,16H,11-15H2,1-2H3. The normalized spacial score (nSPS) is 16.0. The number of hydrogen-bond donors (Lipinski definition) is 0. The molecule has 0 aliphatic carbocycles. The fourth-order valence-electron chi connectivity index (χ4n) is 3.16. The highest BCUT2D eigenvalue weighted by atomic mass is 19.1. The van der Waals surface area contributed by atoms with Crippen LogP contribution in [0.25, 0.3) is 0 Å². The van der Waals surface area contributed by atoms with Crippen LogP contribution in [0, 0.1) is 5.82 Å². The Hall–Kier alpha value is -2.60. The SMILES string of the molecule is COc1ccc(OC(C)C(=O)N2CCN(Cc3ccccc3F)CC2)cc1. The third kappa shape index (κ3) is 4.98. The van der Waals surface area contributed by atoms with E-state index in [0.29, 0.717) is 30.9 Å². The first-order valence-electron chi connectivity index (χ1n) is 9.12. The van der Waals surface area contributed by atoms with Gasteiger partial charge >= 0.3 is 0 Å². The van der Waals surface area contributed by atoms with Gasteiger partial charge in [-0.25, -0.2) is 4.39 Å². The number of piperazine rings is 1. The van der Waals surface area contributed by atoms with E-state index in [1.807, 2.05) is 11.0 Å². The summed E-state index contributed by atoms with van der Waals surface area (Å²) in [6.45, 7) is 4.99. The fraction of sp³-hybridized carbons (Fsp3) is 0.381. The van der Waals surface area contributed by atoms with Crippen molar-refractivity contribution in [2.75, 3.05) is 33.3 Å². The van der Waals surface area contributed by atoms with Crippen LogP contribution in [0.3, 0.4) is 0 Å². The van der Waals surface area contributed by atoms with E-state index >= 15 is 0 Å². The van der Waals surface area contributed by atoms with E-state index in [2.05, 4.69) is 4.90 Å². The average Bonchev–Trinajstić information content (AvgIpc) is 2.70. The predicted molar refractivity (Wildman–Crippen MR) is 101 cm³/mol. The highest BCUT2D eigenvalue weighted by Crippen LogP contribution is 2.19. The minimum absolute atomic E-state index is 0.0311. The molecule has 5 nitrogen and oxygen atoms in total. The number of ether oxygens (including phenoxy) is 2. The van der Waals surface area contributed by atoms with Gasteiger partial charge < -0.3 is 14.4 Å². The second-order valence-electron chi connectivity index (χ2n) is 6.63. The lowest BCUT2D eigenvalue weighted by Crippen LogP contribution is -2.51. The molecule has 1 heterocycles. The van der Waals surface area contributed by atoms with Crippen molar-refractivity contribution in [1.82, 2.24) is 9.80 Å². The maximum Gasteiger partial charge on any atom is 0.263 e. The summed E-state index contributed by atoms with van der Waals surface area (Å²) in [6, 6.07) is 14.0. The molecule has 1 unspecified atom stereocenters. The quantitative estimate of drug-likeness (QED) is 0.782. The molecule has 6 heteroatoms. The lowest BCUT2D eigenvalue weighted by molar-refractivity contribution is -0.139. The number of benzene rings is 2.